The molecular weight excluding hydrogens is 250 g/mol. The molecule has 0 aliphatic heterocycles. The number of anilines is 1. The molecule has 0 bridgehead atoms. The normalized spacial score (nSPS) is 12.7. The third kappa shape index (κ3) is 4.70. The fraction of sp³-hybridized carbons (Fsp3) is 0.667. The molecule has 6 heteroatoms. The van der Waals surface area contributed by atoms with Gasteiger partial charge in [-0.3, -0.25) is 4.79 Å². The van der Waals surface area contributed by atoms with Gasteiger partial charge in [0.2, 0.25) is 5.91 Å². The van der Waals surface area contributed by atoms with Crippen molar-refractivity contribution in [2.24, 2.45) is 5.92 Å². The highest BCUT2D eigenvalue weighted by molar-refractivity contribution is 7.99. The van der Waals surface area contributed by atoms with Crippen molar-refractivity contribution in [1.82, 2.24) is 9.78 Å². The van der Waals surface area contributed by atoms with Gasteiger partial charge >= 0.3 is 0 Å². The number of nitrogens with zero attached hydrogens (tertiary/aromatic N) is 2. The van der Waals surface area contributed by atoms with E-state index in [1.165, 1.54) is 11.8 Å². The average molecular weight is 271 g/mol. The van der Waals surface area contributed by atoms with E-state index >= 15 is 0 Å². The van der Waals surface area contributed by atoms with Gasteiger partial charge in [-0.2, -0.15) is 16.9 Å². The average Bonchev–Trinajstić information content (AvgIpc) is 2.76. The Labute approximate surface area is 112 Å². The first-order chi connectivity index (χ1) is 8.54. The van der Waals surface area contributed by atoms with Crippen LogP contribution in [-0.2, 0) is 4.79 Å². The van der Waals surface area contributed by atoms with Gasteiger partial charge in [-0.1, -0.05) is 6.92 Å². The monoisotopic (exact) mass is 271 g/mol. The standard InChI is InChI=1S/C12H21N3O2S/c1-9(2)15-11(4-5-13-15)14-12(17)8-18-7-10(3)6-16/h4-5,9-10,16H,6-8H2,1-3H3,(H,14,17). The summed E-state index contributed by atoms with van der Waals surface area (Å²) in [5.74, 6) is 2.10. The van der Waals surface area contributed by atoms with Crippen LogP contribution in [0.2, 0.25) is 0 Å². The van der Waals surface area contributed by atoms with E-state index in [0.717, 1.165) is 11.6 Å². The third-order valence-corrected chi connectivity index (χ3v) is 3.65. The number of thioether (sulfide) groups is 1. The Hall–Kier alpha value is -1.01. The number of hydrogen-bond donors (Lipinski definition) is 2. The van der Waals surface area contributed by atoms with Crippen LogP contribution in [0.5, 0.6) is 0 Å². The van der Waals surface area contributed by atoms with Crippen LogP contribution in [0.3, 0.4) is 0 Å². The second kappa shape index (κ2) is 7.43. The first kappa shape index (κ1) is 15.0. The number of carbonyl (C=O) groups is 1. The molecule has 0 saturated carbocycles. The zero-order valence-electron chi connectivity index (χ0n) is 11.1. The van der Waals surface area contributed by atoms with E-state index in [2.05, 4.69) is 10.4 Å². The Morgan fingerprint density at radius 1 is 1.56 bits per heavy atom. The summed E-state index contributed by atoms with van der Waals surface area (Å²) in [5.41, 5.74) is 0. The van der Waals surface area contributed by atoms with E-state index in [0.29, 0.717) is 5.75 Å². The fourth-order valence-corrected chi connectivity index (χ4v) is 2.29. The van der Waals surface area contributed by atoms with Crippen molar-refractivity contribution in [2.45, 2.75) is 26.8 Å². The smallest absolute Gasteiger partial charge is 0.235 e. The molecule has 1 aromatic rings. The minimum atomic E-state index is -0.0347. The van der Waals surface area contributed by atoms with Crippen molar-refractivity contribution in [1.29, 1.82) is 0 Å². The van der Waals surface area contributed by atoms with Crippen molar-refractivity contribution in [3.8, 4) is 0 Å². The minimum absolute atomic E-state index is 0.0347. The van der Waals surface area contributed by atoms with Gasteiger partial charge in [0, 0.05) is 18.7 Å². The summed E-state index contributed by atoms with van der Waals surface area (Å²) >= 11 is 1.53. The van der Waals surface area contributed by atoms with Gasteiger partial charge in [0.15, 0.2) is 0 Å². The van der Waals surface area contributed by atoms with Gasteiger partial charge in [0.05, 0.1) is 11.9 Å². The molecule has 0 aliphatic carbocycles. The van der Waals surface area contributed by atoms with Gasteiger partial charge < -0.3 is 10.4 Å². The van der Waals surface area contributed by atoms with E-state index in [9.17, 15) is 4.79 Å². The lowest BCUT2D eigenvalue weighted by Crippen LogP contribution is -2.19. The third-order valence-electron chi connectivity index (χ3n) is 2.37. The van der Waals surface area contributed by atoms with E-state index < -0.39 is 0 Å². The number of aliphatic hydroxyl groups excluding tert-OH is 1. The maximum atomic E-state index is 11.7. The van der Waals surface area contributed by atoms with Crippen LogP contribution in [-0.4, -0.2) is 38.9 Å². The molecule has 18 heavy (non-hydrogen) atoms. The van der Waals surface area contributed by atoms with Crippen molar-refractivity contribution >= 4 is 23.5 Å². The van der Waals surface area contributed by atoms with Crippen LogP contribution in [0.15, 0.2) is 12.3 Å². The number of aliphatic hydroxyl groups is 1. The molecule has 0 saturated heterocycles. The van der Waals surface area contributed by atoms with Gasteiger partial charge in [0.1, 0.15) is 5.82 Å². The Kier molecular flexibility index (Phi) is 6.21. The summed E-state index contributed by atoms with van der Waals surface area (Å²) in [6, 6.07) is 2.01. The van der Waals surface area contributed by atoms with Crippen LogP contribution in [0, 0.1) is 5.92 Å². The van der Waals surface area contributed by atoms with Crippen LogP contribution in [0.1, 0.15) is 26.8 Å². The summed E-state index contributed by atoms with van der Waals surface area (Å²) in [6.07, 6.45) is 1.68. The molecular formula is C12H21N3O2S. The van der Waals surface area contributed by atoms with Crippen LogP contribution in [0.4, 0.5) is 5.82 Å². The number of amides is 1. The number of rotatable bonds is 7. The molecule has 2 N–H and O–H groups in total. The molecule has 1 rings (SSSR count). The second-order valence-corrected chi connectivity index (χ2v) is 5.64. The van der Waals surface area contributed by atoms with Crippen molar-refractivity contribution < 1.29 is 9.90 Å². The Bertz CT molecular complexity index is 379. The Morgan fingerprint density at radius 3 is 2.89 bits per heavy atom. The van der Waals surface area contributed by atoms with Gasteiger partial charge in [-0.25, -0.2) is 4.68 Å². The molecule has 1 aromatic heterocycles. The maximum absolute atomic E-state index is 11.7. The summed E-state index contributed by atoms with van der Waals surface area (Å²) < 4.78 is 1.78. The largest absolute Gasteiger partial charge is 0.396 e. The lowest BCUT2D eigenvalue weighted by molar-refractivity contribution is -0.113. The van der Waals surface area contributed by atoms with Crippen molar-refractivity contribution in [2.75, 3.05) is 23.4 Å². The SMILES string of the molecule is CC(CO)CSCC(=O)Nc1ccnn1C(C)C. The first-order valence-electron chi connectivity index (χ1n) is 6.06. The number of nitrogens with one attached hydrogen (secondary N) is 1. The maximum Gasteiger partial charge on any atom is 0.235 e. The topological polar surface area (TPSA) is 67.2 Å². The van der Waals surface area contributed by atoms with Gasteiger partial charge in [0.25, 0.3) is 0 Å². The van der Waals surface area contributed by atoms with Crippen molar-refractivity contribution in [3.05, 3.63) is 12.3 Å². The Morgan fingerprint density at radius 2 is 2.28 bits per heavy atom. The quantitative estimate of drug-likeness (QED) is 0.793. The molecule has 0 aromatic carbocycles. The van der Waals surface area contributed by atoms with E-state index in [1.54, 1.807) is 16.9 Å². The van der Waals surface area contributed by atoms with Crippen LogP contribution >= 0.6 is 11.8 Å². The van der Waals surface area contributed by atoms with Gasteiger partial charge in [-0.15, -0.1) is 0 Å². The van der Waals surface area contributed by atoms with Crippen LogP contribution in [0.25, 0.3) is 0 Å². The molecule has 1 atom stereocenters. The van der Waals surface area contributed by atoms with E-state index in [1.807, 2.05) is 20.8 Å². The molecule has 0 fully saturated rings. The van der Waals surface area contributed by atoms with Crippen LogP contribution < -0.4 is 5.32 Å². The second-order valence-electron chi connectivity index (χ2n) is 4.61. The number of carbonyl (C=O) groups excluding carboxylic acids is 1. The molecule has 102 valence electrons. The van der Waals surface area contributed by atoms with Crippen molar-refractivity contribution in [3.63, 3.8) is 0 Å². The predicted molar refractivity (Wildman–Crippen MR) is 74.8 cm³/mol. The number of aromatic nitrogens is 2. The molecule has 1 amide bonds. The van der Waals surface area contributed by atoms with E-state index in [-0.39, 0.29) is 24.5 Å². The molecule has 1 heterocycles. The highest BCUT2D eigenvalue weighted by Gasteiger charge is 2.10. The molecule has 0 spiro atoms. The zero-order chi connectivity index (χ0) is 13.5. The minimum Gasteiger partial charge on any atom is -0.396 e. The molecule has 5 nitrogen and oxygen atoms in total. The zero-order valence-corrected chi connectivity index (χ0v) is 11.9. The highest BCUT2D eigenvalue weighted by atomic mass is 32.2. The predicted octanol–water partition coefficient (Wildman–Crippen LogP) is 1.76. The van der Waals surface area contributed by atoms with E-state index in [4.69, 9.17) is 5.11 Å². The highest BCUT2D eigenvalue weighted by Crippen LogP contribution is 2.14. The first-order valence-corrected chi connectivity index (χ1v) is 7.22. The number of hydrogen-bond acceptors (Lipinski definition) is 4. The lowest BCUT2D eigenvalue weighted by atomic mass is 10.2. The summed E-state index contributed by atoms with van der Waals surface area (Å²) in [4.78, 5) is 11.7. The van der Waals surface area contributed by atoms with Gasteiger partial charge in [-0.05, 0) is 25.5 Å². The fourth-order valence-electron chi connectivity index (χ4n) is 1.41. The summed E-state index contributed by atoms with van der Waals surface area (Å²) in [7, 11) is 0. The summed E-state index contributed by atoms with van der Waals surface area (Å²) in [5, 5.41) is 15.9. The molecule has 0 radical (unpaired) electrons. The Balaban J connectivity index is 2.38. The lowest BCUT2D eigenvalue weighted by Gasteiger charge is -2.12. The summed E-state index contributed by atoms with van der Waals surface area (Å²) in [6.45, 7) is 6.15. The molecule has 1 unspecified atom stereocenters. The molecule has 0 aliphatic rings.